The van der Waals surface area contributed by atoms with Crippen LogP contribution in [0.15, 0.2) is 77.7 Å². The monoisotopic (exact) mass is 353 g/mol. The molecule has 2 N–H and O–H groups in total. The summed E-state index contributed by atoms with van der Waals surface area (Å²) in [6, 6.07) is 18.8. The number of rotatable bonds is 4. The van der Waals surface area contributed by atoms with Gasteiger partial charge in [-0.2, -0.15) is 8.42 Å². The molecule has 0 aliphatic rings. The number of anilines is 1. The van der Waals surface area contributed by atoms with Crippen molar-refractivity contribution in [2.24, 2.45) is 0 Å². The number of fused-ring (bicyclic) bond motifs is 1. The van der Waals surface area contributed by atoms with Crippen molar-refractivity contribution in [1.82, 2.24) is 0 Å². The molecule has 0 radical (unpaired) electrons. The van der Waals surface area contributed by atoms with E-state index in [-0.39, 0.29) is 10.8 Å². The van der Waals surface area contributed by atoms with Gasteiger partial charge in [0.25, 0.3) is 10.1 Å². The third kappa shape index (κ3) is 3.93. The van der Waals surface area contributed by atoms with E-state index < -0.39 is 10.1 Å². The molecule has 1 amide bonds. The average molecular weight is 353 g/mol. The van der Waals surface area contributed by atoms with Crippen LogP contribution in [-0.4, -0.2) is 18.9 Å². The lowest BCUT2D eigenvalue weighted by Crippen LogP contribution is -2.09. The number of hydrogen-bond acceptors (Lipinski definition) is 3. The second kappa shape index (κ2) is 6.88. The van der Waals surface area contributed by atoms with Crippen molar-refractivity contribution < 1.29 is 17.8 Å². The standard InChI is InChI=1S/C19H15NO4S/c21-19(13-10-14-6-2-1-3-7-14)20-17-11-12-18(25(22,23)24)16-9-5-4-8-15(16)17/h1-13H,(H,20,21)(H,22,23,24)/b13-10-. The molecule has 0 aliphatic carbocycles. The lowest BCUT2D eigenvalue weighted by molar-refractivity contribution is -0.111. The molecule has 6 heteroatoms. The smallest absolute Gasteiger partial charge is 0.295 e. The molecule has 0 bridgehead atoms. The Morgan fingerprint density at radius 2 is 1.52 bits per heavy atom. The average Bonchev–Trinajstić information content (AvgIpc) is 2.60. The first-order chi connectivity index (χ1) is 11.9. The highest BCUT2D eigenvalue weighted by atomic mass is 32.2. The first-order valence-corrected chi connectivity index (χ1v) is 8.92. The number of carbonyl (C=O) groups excluding carboxylic acids is 1. The third-order valence-electron chi connectivity index (χ3n) is 3.65. The molecule has 3 aromatic rings. The summed E-state index contributed by atoms with van der Waals surface area (Å²) in [6.07, 6.45) is 3.09. The van der Waals surface area contributed by atoms with Crippen LogP contribution in [0.5, 0.6) is 0 Å². The lowest BCUT2D eigenvalue weighted by atomic mass is 10.1. The number of hydrogen-bond donors (Lipinski definition) is 2. The second-order valence-electron chi connectivity index (χ2n) is 5.37. The number of amides is 1. The topological polar surface area (TPSA) is 83.5 Å². The van der Waals surface area contributed by atoms with Gasteiger partial charge in [0.05, 0.1) is 0 Å². The molecular formula is C19H15NO4S. The van der Waals surface area contributed by atoms with E-state index in [1.165, 1.54) is 18.2 Å². The summed E-state index contributed by atoms with van der Waals surface area (Å²) < 4.78 is 32.3. The minimum Gasteiger partial charge on any atom is -0.322 e. The molecule has 0 heterocycles. The van der Waals surface area contributed by atoms with Gasteiger partial charge in [0.1, 0.15) is 4.90 Å². The first kappa shape index (κ1) is 16.9. The van der Waals surface area contributed by atoms with Gasteiger partial charge in [0.15, 0.2) is 0 Å². The summed E-state index contributed by atoms with van der Waals surface area (Å²) in [7, 11) is -4.35. The summed E-state index contributed by atoms with van der Waals surface area (Å²) in [5, 5.41) is 3.60. The zero-order valence-corrected chi connectivity index (χ0v) is 13.9. The van der Waals surface area contributed by atoms with Crippen LogP contribution >= 0.6 is 0 Å². The molecule has 0 saturated carbocycles. The van der Waals surface area contributed by atoms with Crippen LogP contribution in [0.1, 0.15) is 5.56 Å². The molecule has 0 saturated heterocycles. The highest BCUT2D eigenvalue weighted by Crippen LogP contribution is 2.29. The van der Waals surface area contributed by atoms with Crippen molar-refractivity contribution in [3.05, 3.63) is 78.4 Å². The zero-order chi connectivity index (χ0) is 17.9. The third-order valence-corrected chi connectivity index (χ3v) is 4.56. The van der Waals surface area contributed by atoms with Gasteiger partial charge in [0.2, 0.25) is 5.91 Å². The van der Waals surface area contributed by atoms with Gasteiger partial charge in [-0.3, -0.25) is 9.35 Å². The second-order valence-corrected chi connectivity index (χ2v) is 6.76. The number of carbonyl (C=O) groups is 1. The zero-order valence-electron chi connectivity index (χ0n) is 13.1. The van der Waals surface area contributed by atoms with Crippen molar-refractivity contribution in [2.45, 2.75) is 4.90 Å². The fourth-order valence-electron chi connectivity index (χ4n) is 2.52. The van der Waals surface area contributed by atoms with Crippen molar-refractivity contribution in [2.75, 3.05) is 5.32 Å². The summed E-state index contributed by atoms with van der Waals surface area (Å²) in [4.78, 5) is 12.0. The van der Waals surface area contributed by atoms with Crippen LogP contribution < -0.4 is 5.32 Å². The summed E-state index contributed by atoms with van der Waals surface area (Å²) in [5.41, 5.74) is 1.36. The fraction of sp³-hybridized carbons (Fsp3) is 0. The van der Waals surface area contributed by atoms with Crippen LogP contribution in [0.2, 0.25) is 0 Å². The highest BCUT2D eigenvalue weighted by molar-refractivity contribution is 7.86. The molecule has 3 rings (SSSR count). The minimum atomic E-state index is -4.35. The number of nitrogens with one attached hydrogen (secondary N) is 1. The molecule has 0 spiro atoms. The van der Waals surface area contributed by atoms with Gasteiger partial charge in [-0.15, -0.1) is 0 Å². The van der Waals surface area contributed by atoms with Gasteiger partial charge in [-0.05, 0) is 23.8 Å². The van der Waals surface area contributed by atoms with Crippen LogP contribution in [-0.2, 0) is 14.9 Å². The largest absolute Gasteiger partial charge is 0.322 e. The van der Waals surface area contributed by atoms with E-state index in [4.69, 9.17) is 0 Å². The van der Waals surface area contributed by atoms with Crippen LogP contribution in [0.25, 0.3) is 16.8 Å². The SMILES string of the molecule is O=C(/C=C\c1ccccc1)Nc1ccc(S(=O)(=O)O)c2ccccc12. The molecular weight excluding hydrogens is 338 g/mol. The molecule has 5 nitrogen and oxygen atoms in total. The lowest BCUT2D eigenvalue weighted by Gasteiger charge is -2.10. The van der Waals surface area contributed by atoms with Crippen molar-refractivity contribution in [3.8, 4) is 0 Å². The Morgan fingerprint density at radius 1 is 0.880 bits per heavy atom. The predicted molar refractivity (Wildman–Crippen MR) is 97.9 cm³/mol. The summed E-state index contributed by atoms with van der Waals surface area (Å²) >= 11 is 0. The van der Waals surface area contributed by atoms with E-state index >= 15 is 0 Å². The Balaban J connectivity index is 1.92. The van der Waals surface area contributed by atoms with Gasteiger partial charge < -0.3 is 5.32 Å². The van der Waals surface area contributed by atoms with E-state index in [1.54, 1.807) is 30.3 Å². The Kier molecular flexibility index (Phi) is 4.65. The Labute approximate surface area is 145 Å². The molecule has 0 fully saturated rings. The summed E-state index contributed by atoms with van der Waals surface area (Å²) in [6.45, 7) is 0. The van der Waals surface area contributed by atoms with Crippen LogP contribution in [0.3, 0.4) is 0 Å². The minimum absolute atomic E-state index is 0.194. The van der Waals surface area contributed by atoms with E-state index in [9.17, 15) is 17.8 Å². The maximum absolute atomic E-state index is 12.1. The highest BCUT2D eigenvalue weighted by Gasteiger charge is 2.15. The molecule has 0 aromatic heterocycles. The van der Waals surface area contributed by atoms with E-state index in [0.717, 1.165) is 5.56 Å². The fourth-order valence-corrected chi connectivity index (χ4v) is 3.21. The van der Waals surface area contributed by atoms with Gasteiger partial charge in [-0.25, -0.2) is 0 Å². The van der Waals surface area contributed by atoms with E-state index in [0.29, 0.717) is 16.5 Å². The normalized spacial score (nSPS) is 11.7. The van der Waals surface area contributed by atoms with Gasteiger partial charge in [-0.1, -0.05) is 54.6 Å². The van der Waals surface area contributed by atoms with Crippen molar-refractivity contribution in [3.63, 3.8) is 0 Å². The maximum atomic E-state index is 12.1. The Bertz CT molecular complexity index is 1060. The molecule has 0 atom stereocenters. The molecule has 0 unspecified atom stereocenters. The molecule has 3 aromatic carbocycles. The van der Waals surface area contributed by atoms with E-state index in [1.807, 2.05) is 30.3 Å². The van der Waals surface area contributed by atoms with Crippen LogP contribution in [0.4, 0.5) is 5.69 Å². The Hall–Kier alpha value is -2.96. The molecule has 126 valence electrons. The van der Waals surface area contributed by atoms with Gasteiger partial charge >= 0.3 is 0 Å². The quantitative estimate of drug-likeness (QED) is 0.553. The van der Waals surface area contributed by atoms with Crippen molar-refractivity contribution >= 4 is 38.6 Å². The Morgan fingerprint density at radius 3 is 2.20 bits per heavy atom. The summed E-state index contributed by atoms with van der Waals surface area (Å²) in [5.74, 6) is -0.339. The van der Waals surface area contributed by atoms with Crippen LogP contribution in [0, 0.1) is 0 Å². The maximum Gasteiger partial charge on any atom is 0.295 e. The number of benzene rings is 3. The molecule has 25 heavy (non-hydrogen) atoms. The first-order valence-electron chi connectivity index (χ1n) is 7.48. The van der Waals surface area contributed by atoms with Crippen molar-refractivity contribution in [1.29, 1.82) is 0 Å². The van der Waals surface area contributed by atoms with E-state index in [2.05, 4.69) is 5.32 Å². The molecule has 0 aliphatic heterocycles. The van der Waals surface area contributed by atoms with Gasteiger partial charge in [0, 0.05) is 22.5 Å². The predicted octanol–water partition coefficient (Wildman–Crippen LogP) is 3.74.